The third kappa shape index (κ3) is 2.99. The third-order valence-electron chi connectivity index (χ3n) is 5.60. The topological polar surface area (TPSA) is 0 Å². The SMILES string of the molecule is CC(C)C1(C(C)C)CC(c2ccccc2)C(c2ccccc2)=[Si]1. The maximum atomic E-state index is 2.42. The summed E-state index contributed by atoms with van der Waals surface area (Å²) in [5.41, 5.74) is 2.94. The van der Waals surface area contributed by atoms with Gasteiger partial charge in [-0.1, -0.05) is 93.5 Å². The lowest BCUT2D eigenvalue weighted by Crippen LogP contribution is -2.26. The van der Waals surface area contributed by atoms with Crippen LogP contribution in [-0.4, -0.2) is 14.3 Å². The van der Waals surface area contributed by atoms with E-state index in [4.69, 9.17) is 0 Å². The van der Waals surface area contributed by atoms with Crippen molar-refractivity contribution in [1.29, 1.82) is 0 Å². The van der Waals surface area contributed by atoms with Crippen LogP contribution in [0.5, 0.6) is 0 Å². The highest BCUT2D eigenvalue weighted by atomic mass is 28.2. The molecule has 3 rings (SSSR count). The Labute approximate surface area is 143 Å². The first-order valence-corrected chi connectivity index (χ1v) is 9.80. The Morgan fingerprint density at radius 2 is 1.35 bits per heavy atom. The molecule has 1 heterocycles. The minimum Gasteiger partial charge on any atom is -0.0622 e. The van der Waals surface area contributed by atoms with E-state index in [9.17, 15) is 0 Å². The Balaban J connectivity index is 2.12. The monoisotopic (exact) mass is 319 g/mol. The molecule has 0 bridgehead atoms. The van der Waals surface area contributed by atoms with E-state index in [-0.39, 0.29) is 0 Å². The van der Waals surface area contributed by atoms with Gasteiger partial charge >= 0.3 is 0 Å². The predicted molar refractivity (Wildman–Crippen MR) is 102 cm³/mol. The summed E-state index contributed by atoms with van der Waals surface area (Å²) >= 11 is 0. The quantitative estimate of drug-likeness (QED) is 0.646. The van der Waals surface area contributed by atoms with Gasteiger partial charge in [-0.25, -0.2) is 0 Å². The smallest absolute Gasteiger partial charge is 0.0329 e. The minimum absolute atomic E-state index is 0.436. The van der Waals surface area contributed by atoms with Crippen LogP contribution in [-0.2, 0) is 0 Å². The second-order valence-electron chi connectivity index (χ2n) is 7.42. The van der Waals surface area contributed by atoms with Crippen LogP contribution in [0.1, 0.15) is 51.2 Å². The molecule has 0 N–H and O–H groups in total. The van der Waals surface area contributed by atoms with Gasteiger partial charge in [0.15, 0.2) is 0 Å². The summed E-state index contributed by atoms with van der Waals surface area (Å²) in [6.45, 7) is 9.68. The molecule has 0 spiro atoms. The molecule has 119 valence electrons. The van der Waals surface area contributed by atoms with Crippen LogP contribution in [0, 0.1) is 11.8 Å². The van der Waals surface area contributed by atoms with E-state index in [0.29, 0.717) is 22.8 Å². The summed E-state index contributed by atoms with van der Waals surface area (Å²) in [6, 6.07) is 22.2. The van der Waals surface area contributed by atoms with E-state index in [0.717, 1.165) is 9.13 Å². The van der Waals surface area contributed by atoms with E-state index < -0.39 is 0 Å². The van der Waals surface area contributed by atoms with Gasteiger partial charge in [0.25, 0.3) is 0 Å². The average Bonchev–Trinajstić information content (AvgIpc) is 2.99. The molecule has 1 aliphatic rings. The van der Waals surface area contributed by atoms with Crippen molar-refractivity contribution in [2.45, 2.75) is 45.1 Å². The lowest BCUT2D eigenvalue weighted by molar-refractivity contribution is 0.293. The van der Waals surface area contributed by atoms with Crippen LogP contribution >= 0.6 is 0 Å². The van der Waals surface area contributed by atoms with Gasteiger partial charge in [-0.3, -0.25) is 0 Å². The lowest BCUT2D eigenvalue weighted by Gasteiger charge is -2.37. The molecule has 1 unspecified atom stereocenters. The highest BCUT2D eigenvalue weighted by molar-refractivity contribution is 6.63. The Bertz CT molecular complexity index is 660. The first-order valence-electron chi connectivity index (χ1n) is 8.80. The second-order valence-corrected chi connectivity index (χ2v) is 9.14. The van der Waals surface area contributed by atoms with E-state index in [2.05, 4.69) is 88.4 Å². The molecule has 23 heavy (non-hydrogen) atoms. The Kier molecular flexibility index (Phi) is 4.68. The second kappa shape index (κ2) is 6.57. The first-order chi connectivity index (χ1) is 11.0. The molecule has 0 saturated carbocycles. The average molecular weight is 320 g/mol. The van der Waals surface area contributed by atoms with Crippen LogP contribution in [0.3, 0.4) is 0 Å². The fourth-order valence-corrected chi connectivity index (χ4v) is 6.26. The fourth-order valence-electron chi connectivity index (χ4n) is 4.12. The van der Waals surface area contributed by atoms with Gasteiger partial charge in [0.2, 0.25) is 0 Å². The fraction of sp³-hybridized carbons (Fsp3) is 0.409. The van der Waals surface area contributed by atoms with Gasteiger partial charge in [-0.15, -0.1) is 0 Å². The van der Waals surface area contributed by atoms with Crippen LogP contribution in [0.2, 0.25) is 5.04 Å². The van der Waals surface area contributed by atoms with Crippen molar-refractivity contribution in [3.05, 3.63) is 71.8 Å². The largest absolute Gasteiger partial charge is 0.0622 e. The molecule has 0 aromatic heterocycles. The molecular formula is C22H27Si. The third-order valence-corrected chi connectivity index (χ3v) is 8.34. The number of hydrogen-bond acceptors (Lipinski definition) is 0. The minimum atomic E-state index is 0.436. The molecule has 0 saturated heterocycles. The maximum absolute atomic E-state index is 2.42. The molecule has 1 atom stereocenters. The van der Waals surface area contributed by atoms with Crippen molar-refractivity contribution in [2.24, 2.45) is 11.8 Å². The number of benzene rings is 2. The van der Waals surface area contributed by atoms with Crippen molar-refractivity contribution in [3.8, 4) is 0 Å². The Morgan fingerprint density at radius 3 is 1.87 bits per heavy atom. The summed E-state index contributed by atoms with van der Waals surface area (Å²) in [6.07, 6.45) is 1.29. The standard InChI is InChI=1S/C22H27Si/c1-16(2)22(17(3)4)15-20(18-11-7-5-8-12-18)21(23-22)19-13-9-6-10-14-19/h5-14,16-17,20H,15H2,1-4H3. The van der Waals surface area contributed by atoms with Crippen LogP contribution in [0.4, 0.5) is 0 Å². The van der Waals surface area contributed by atoms with E-state index in [1.807, 2.05) is 0 Å². The van der Waals surface area contributed by atoms with Gasteiger partial charge < -0.3 is 0 Å². The highest BCUT2D eigenvalue weighted by Crippen LogP contribution is 2.53. The molecular weight excluding hydrogens is 292 g/mol. The van der Waals surface area contributed by atoms with E-state index >= 15 is 0 Å². The molecule has 0 amide bonds. The Hall–Kier alpha value is -1.47. The van der Waals surface area contributed by atoms with Crippen LogP contribution < -0.4 is 0 Å². The van der Waals surface area contributed by atoms with Crippen molar-refractivity contribution < 1.29 is 0 Å². The molecule has 1 aliphatic heterocycles. The van der Waals surface area contributed by atoms with Crippen molar-refractivity contribution >= 4 is 14.3 Å². The zero-order valence-corrected chi connectivity index (χ0v) is 15.7. The normalized spacial score (nSPS) is 20.1. The molecule has 0 nitrogen and oxygen atoms in total. The van der Waals surface area contributed by atoms with Crippen LogP contribution in [0.25, 0.3) is 0 Å². The molecule has 1 radical (unpaired) electrons. The van der Waals surface area contributed by atoms with Crippen molar-refractivity contribution in [1.82, 2.24) is 0 Å². The van der Waals surface area contributed by atoms with Gasteiger partial charge in [0.1, 0.15) is 0 Å². The van der Waals surface area contributed by atoms with Crippen molar-refractivity contribution in [2.75, 3.05) is 0 Å². The summed E-state index contributed by atoms with van der Waals surface area (Å²) in [5.74, 6) is 2.00. The summed E-state index contributed by atoms with van der Waals surface area (Å²) in [5, 5.41) is 2.10. The first kappa shape index (κ1) is 16.4. The van der Waals surface area contributed by atoms with Gasteiger partial charge in [-0.05, 0) is 34.4 Å². The predicted octanol–water partition coefficient (Wildman–Crippen LogP) is 5.57. The summed E-state index contributed by atoms with van der Waals surface area (Å²) in [4.78, 5) is 0. The lowest BCUT2D eigenvalue weighted by atomic mass is 9.75. The zero-order valence-electron chi connectivity index (χ0n) is 14.7. The molecule has 0 aliphatic carbocycles. The summed E-state index contributed by atoms with van der Waals surface area (Å²) in [7, 11) is 0.922. The number of rotatable bonds is 4. The van der Waals surface area contributed by atoms with Gasteiger partial charge in [-0.2, -0.15) is 0 Å². The molecule has 1 heteroatoms. The molecule has 0 fully saturated rings. The summed E-state index contributed by atoms with van der Waals surface area (Å²) < 4.78 is 0. The Morgan fingerprint density at radius 1 is 0.826 bits per heavy atom. The van der Waals surface area contributed by atoms with Gasteiger partial charge in [0, 0.05) is 15.0 Å². The van der Waals surface area contributed by atoms with E-state index in [1.165, 1.54) is 17.5 Å². The van der Waals surface area contributed by atoms with Crippen molar-refractivity contribution in [3.63, 3.8) is 0 Å². The van der Waals surface area contributed by atoms with Crippen LogP contribution in [0.15, 0.2) is 60.7 Å². The zero-order chi connectivity index (χ0) is 16.4. The van der Waals surface area contributed by atoms with E-state index in [1.54, 1.807) is 5.17 Å². The molecule has 2 aromatic rings. The number of hydrogen-bond donors (Lipinski definition) is 0. The van der Waals surface area contributed by atoms with Gasteiger partial charge in [0.05, 0.1) is 0 Å². The highest BCUT2D eigenvalue weighted by Gasteiger charge is 2.44. The maximum Gasteiger partial charge on any atom is 0.0329 e. The molecule has 2 aromatic carbocycles.